The second-order valence-corrected chi connectivity index (χ2v) is 9.46. The summed E-state index contributed by atoms with van der Waals surface area (Å²) in [5, 5.41) is 0. The summed E-state index contributed by atoms with van der Waals surface area (Å²) in [6.45, 7) is 4.94. The maximum Gasteiger partial charge on any atom is 0.143 e. The molecule has 0 amide bonds. The molecule has 6 aliphatic rings. The minimum atomic E-state index is -0.659. The van der Waals surface area contributed by atoms with Crippen molar-refractivity contribution >= 4 is 5.78 Å². The largest absolute Gasteiger partial charge is 0.485 e. The standard InChI is InChI=1S/C23H27NO3/c1-13-5-6-15-11-17-21-7-8-23(26-4,16(12-21)14(2)25)20-22(21,9-10-24(17)3)18(15)19(13)27-20/h5-8,16-17,20H,9-12H2,1-4H3/t16-,17?,20-,21-,22+,23-/m1/s1. The van der Waals surface area contributed by atoms with Crippen molar-refractivity contribution in [2.24, 2.45) is 11.3 Å². The number of ether oxygens (including phenoxy) is 2. The molecular weight excluding hydrogens is 338 g/mol. The van der Waals surface area contributed by atoms with E-state index in [1.807, 2.05) is 0 Å². The van der Waals surface area contributed by atoms with Crippen LogP contribution in [0.4, 0.5) is 0 Å². The van der Waals surface area contributed by atoms with Gasteiger partial charge in [0, 0.05) is 24.1 Å². The maximum absolute atomic E-state index is 12.8. The summed E-state index contributed by atoms with van der Waals surface area (Å²) in [5.74, 6) is 1.15. The van der Waals surface area contributed by atoms with Crippen LogP contribution in [0.1, 0.15) is 36.5 Å². The lowest BCUT2D eigenvalue weighted by atomic mass is 9.37. The summed E-state index contributed by atoms with van der Waals surface area (Å²) < 4.78 is 13.0. The molecular formula is C23H27NO3. The molecule has 4 nitrogen and oxygen atoms in total. The van der Waals surface area contributed by atoms with E-state index in [0.717, 1.165) is 31.6 Å². The number of hydrogen-bond acceptors (Lipinski definition) is 4. The van der Waals surface area contributed by atoms with Crippen molar-refractivity contribution in [1.82, 2.24) is 4.90 Å². The Hall–Kier alpha value is -1.65. The molecule has 0 N–H and O–H groups in total. The minimum Gasteiger partial charge on any atom is -0.485 e. The van der Waals surface area contributed by atoms with E-state index in [4.69, 9.17) is 9.47 Å². The predicted molar refractivity (Wildman–Crippen MR) is 102 cm³/mol. The number of piperidine rings is 1. The molecule has 1 aromatic rings. The highest BCUT2D eigenvalue weighted by Gasteiger charge is 2.79. The second kappa shape index (κ2) is 4.66. The third kappa shape index (κ3) is 1.46. The molecule has 2 fully saturated rings. The lowest BCUT2D eigenvalue weighted by Crippen LogP contribution is -2.79. The Labute approximate surface area is 160 Å². The summed E-state index contributed by atoms with van der Waals surface area (Å²) in [6, 6.07) is 4.92. The van der Waals surface area contributed by atoms with Crippen LogP contribution in [0.5, 0.6) is 5.75 Å². The van der Waals surface area contributed by atoms with Crippen LogP contribution in [0.2, 0.25) is 0 Å². The van der Waals surface area contributed by atoms with Crippen LogP contribution in [-0.4, -0.2) is 49.1 Å². The van der Waals surface area contributed by atoms with Crippen molar-refractivity contribution < 1.29 is 14.3 Å². The van der Waals surface area contributed by atoms with Gasteiger partial charge in [-0.2, -0.15) is 0 Å². The molecule has 2 heterocycles. The maximum atomic E-state index is 12.8. The number of likely N-dealkylation sites (N-methyl/N-ethyl adjacent to an activating group) is 1. The molecule has 4 bridgehead atoms. The Bertz CT molecular complexity index is 922. The number of aryl methyl sites for hydroxylation is 1. The highest BCUT2D eigenvalue weighted by atomic mass is 16.6. The summed E-state index contributed by atoms with van der Waals surface area (Å²) in [7, 11) is 4.01. The van der Waals surface area contributed by atoms with E-state index in [1.165, 1.54) is 16.7 Å². The first-order valence-corrected chi connectivity index (χ1v) is 10.2. The number of benzene rings is 1. The van der Waals surface area contributed by atoms with Gasteiger partial charge in [0.25, 0.3) is 0 Å². The monoisotopic (exact) mass is 365 g/mol. The summed E-state index contributed by atoms with van der Waals surface area (Å²) >= 11 is 0. The number of Topliss-reactive ketones (excluding diaryl/α,β-unsaturated/α-hetero) is 1. The van der Waals surface area contributed by atoms with Gasteiger partial charge in [0.2, 0.25) is 0 Å². The van der Waals surface area contributed by atoms with Crippen LogP contribution >= 0.6 is 0 Å². The van der Waals surface area contributed by atoms with Crippen molar-refractivity contribution in [1.29, 1.82) is 0 Å². The Morgan fingerprint density at radius 3 is 2.89 bits per heavy atom. The molecule has 0 radical (unpaired) electrons. The zero-order chi connectivity index (χ0) is 18.8. The fraction of sp³-hybridized carbons (Fsp3) is 0.609. The molecule has 1 unspecified atom stereocenters. The van der Waals surface area contributed by atoms with Crippen molar-refractivity contribution in [3.05, 3.63) is 41.0 Å². The quantitative estimate of drug-likeness (QED) is 0.756. The van der Waals surface area contributed by atoms with Gasteiger partial charge in [0.1, 0.15) is 23.2 Å². The third-order valence-corrected chi connectivity index (χ3v) is 8.78. The predicted octanol–water partition coefficient (Wildman–Crippen LogP) is 2.80. The topological polar surface area (TPSA) is 38.8 Å². The van der Waals surface area contributed by atoms with Gasteiger partial charge in [-0.25, -0.2) is 0 Å². The zero-order valence-electron chi connectivity index (χ0n) is 16.5. The van der Waals surface area contributed by atoms with E-state index >= 15 is 0 Å². The van der Waals surface area contributed by atoms with E-state index in [2.05, 4.69) is 43.2 Å². The molecule has 1 saturated heterocycles. The second-order valence-electron chi connectivity index (χ2n) is 9.46. The minimum absolute atomic E-state index is 0.0483. The highest BCUT2D eigenvalue weighted by Crippen LogP contribution is 2.74. The van der Waals surface area contributed by atoms with E-state index < -0.39 is 5.60 Å². The fourth-order valence-electron chi connectivity index (χ4n) is 7.66. The number of rotatable bonds is 2. The van der Waals surface area contributed by atoms with E-state index in [1.54, 1.807) is 14.0 Å². The first-order chi connectivity index (χ1) is 12.9. The van der Waals surface area contributed by atoms with Crippen molar-refractivity contribution in [2.75, 3.05) is 20.7 Å². The molecule has 1 aromatic carbocycles. The fourth-order valence-corrected chi connectivity index (χ4v) is 7.66. The van der Waals surface area contributed by atoms with Gasteiger partial charge in [-0.05, 0) is 57.8 Å². The SMILES string of the molecule is CO[C@]12C=C[C@@]3(C[C@@H]1C(C)=O)C1Cc4ccc(C)c5c4[C@@]3(CCN1C)[C@H]2O5. The normalized spacial score (nSPS) is 45.6. The lowest BCUT2D eigenvalue weighted by molar-refractivity contribution is -0.212. The number of ketones is 1. The number of hydrogen-bond donors (Lipinski definition) is 0. The van der Waals surface area contributed by atoms with Crippen LogP contribution in [0.25, 0.3) is 0 Å². The summed E-state index contributed by atoms with van der Waals surface area (Å²) in [6.07, 6.45) is 7.48. The molecule has 27 heavy (non-hydrogen) atoms. The molecule has 142 valence electrons. The number of likely N-dealkylation sites (tertiary alicyclic amines) is 1. The van der Waals surface area contributed by atoms with E-state index in [-0.39, 0.29) is 28.6 Å². The average Bonchev–Trinajstić information content (AvgIpc) is 3.03. The molecule has 1 saturated carbocycles. The summed E-state index contributed by atoms with van der Waals surface area (Å²) in [5.41, 5.74) is 3.30. The lowest BCUT2D eigenvalue weighted by Gasteiger charge is -2.70. The van der Waals surface area contributed by atoms with Crippen molar-refractivity contribution in [3.63, 3.8) is 0 Å². The number of carbonyl (C=O) groups excluding carboxylic acids is 1. The number of nitrogens with zero attached hydrogens (tertiary/aromatic N) is 1. The van der Waals surface area contributed by atoms with Crippen LogP contribution in [0.15, 0.2) is 24.3 Å². The molecule has 2 aliphatic heterocycles. The smallest absolute Gasteiger partial charge is 0.143 e. The molecule has 0 aromatic heterocycles. The third-order valence-electron chi connectivity index (χ3n) is 8.78. The van der Waals surface area contributed by atoms with Crippen LogP contribution in [-0.2, 0) is 21.4 Å². The molecule has 4 heteroatoms. The zero-order valence-corrected chi connectivity index (χ0v) is 16.5. The Morgan fingerprint density at radius 1 is 1.33 bits per heavy atom. The van der Waals surface area contributed by atoms with Gasteiger partial charge < -0.3 is 14.4 Å². The molecule has 2 spiro atoms. The highest BCUT2D eigenvalue weighted by molar-refractivity contribution is 5.82. The summed E-state index contributed by atoms with van der Waals surface area (Å²) in [4.78, 5) is 15.3. The Balaban J connectivity index is 1.73. The number of fused-ring (bicyclic) bond motifs is 1. The molecule has 4 aliphatic carbocycles. The van der Waals surface area contributed by atoms with E-state index in [0.29, 0.717) is 6.04 Å². The van der Waals surface area contributed by atoms with E-state index in [9.17, 15) is 4.79 Å². The van der Waals surface area contributed by atoms with Crippen LogP contribution < -0.4 is 4.74 Å². The molecule has 6 atom stereocenters. The van der Waals surface area contributed by atoms with Gasteiger partial charge in [0.15, 0.2) is 0 Å². The Kier molecular flexibility index (Phi) is 2.82. The number of methoxy groups -OCH3 is 1. The van der Waals surface area contributed by atoms with Gasteiger partial charge in [-0.15, -0.1) is 0 Å². The first kappa shape index (κ1) is 16.3. The van der Waals surface area contributed by atoms with Gasteiger partial charge >= 0.3 is 0 Å². The Morgan fingerprint density at radius 2 is 2.15 bits per heavy atom. The van der Waals surface area contributed by atoms with Crippen LogP contribution in [0.3, 0.4) is 0 Å². The van der Waals surface area contributed by atoms with Gasteiger partial charge in [-0.3, -0.25) is 4.79 Å². The van der Waals surface area contributed by atoms with Crippen molar-refractivity contribution in [2.45, 2.75) is 56.3 Å². The molecule has 7 rings (SSSR count). The van der Waals surface area contributed by atoms with Crippen molar-refractivity contribution in [3.8, 4) is 5.75 Å². The first-order valence-electron chi connectivity index (χ1n) is 10.2. The van der Waals surface area contributed by atoms with Crippen LogP contribution in [0, 0.1) is 18.3 Å². The number of carbonyl (C=O) groups is 1. The average molecular weight is 365 g/mol. The van der Waals surface area contributed by atoms with Gasteiger partial charge in [0.05, 0.1) is 11.3 Å². The van der Waals surface area contributed by atoms with Gasteiger partial charge in [-0.1, -0.05) is 24.3 Å².